The van der Waals surface area contributed by atoms with E-state index in [1.54, 1.807) is 20.8 Å². The Labute approximate surface area is 89.2 Å². The quantitative estimate of drug-likeness (QED) is 0.591. The van der Waals surface area contributed by atoms with Crippen LogP contribution in [-0.4, -0.2) is 30.2 Å². The van der Waals surface area contributed by atoms with Crippen LogP contribution in [-0.2, 0) is 4.79 Å². The Balaban J connectivity index is 3.88. The van der Waals surface area contributed by atoms with Crippen molar-refractivity contribution in [2.45, 2.75) is 20.8 Å². The number of hydrogen-bond acceptors (Lipinski definition) is 2. The van der Waals surface area contributed by atoms with Gasteiger partial charge in [-0.25, -0.2) is 4.79 Å². The number of hydrogen-bond donors (Lipinski definition) is 3. The average molecular weight is 212 g/mol. The molecule has 0 aliphatic rings. The summed E-state index contributed by atoms with van der Waals surface area (Å²) in [5.41, 5.74) is -0.965. The van der Waals surface area contributed by atoms with E-state index in [4.69, 9.17) is 5.11 Å². The standard InChI is InChI=1S/C10H16N2O3/c1-4-5-6-11-9(15)12-7-10(2,3)8(13)14/h6-7H2,1-3H3,(H,13,14)(H2,11,12,15). The van der Waals surface area contributed by atoms with Crippen LogP contribution in [0.5, 0.6) is 0 Å². The normalized spacial score (nSPS) is 9.80. The highest BCUT2D eigenvalue weighted by Gasteiger charge is 2.27. The summed E-state index contributed by atoms with van der Waals surface area (Å²) in [6, 6.07) is -0.410. The highest BCUT2D eigenvalue weighted by atomic mass is 16.4. The van der Waals surface area contributed by atoms with Crippen molar-refractivity contribution in [1.82, 2.24) is 10.6 Å². The van der Waals surface area contributed by atoms with Crippen molar-refractivity contribution in [2.75, 3.05) is 13.1 Å². The van der Waals surface area contributed by atoms with Gasteiger partial charge in [0.15, 0.2) is 0 Å². The molecule has 0 unspecified atom stereocenters. The maximum absolute atomic E-state index is 11.1. The first-order valence-corrected chi connectivity index (χ1v) is 4.55. The second-order valence-corrected chi connectivity index (χ2v) is 3.65. The molecule has 5 nitrogen and oxygen atoms in total. The average Bonchev–Trinajstić information content (AvgIpc) is 2.15. The van der Waals surface area contributed by atoms with E-state index in [9.17, 15) is 9.59 Å². The fourth-order valence-electron chi connectivity index (χ4n) is 0.652. The summed E-state index contributed by atoms with van der Waals surface area (Å²) in [5.74, 6) is 4.34. The Hall–Kier alpha value is -1.70. The van der Waals surface area contributed by atoms with Gasteiger partial charge in [-0.1, -0.05) is 5.92 Å². The second kappa shape index (κ2) is 5.91. The van der Waals surface area contributed by atoms with Crippen LogP contribution in [0.4, 0.5) is 4.79 Å². The van der Waals surface area contributed by atoms with Gasteiger partial charge in [0, 0.05) is 6.54 Å². The van der Waals surface area contributed by atoms with E-state index in [0.717, 1.165) is 0 Å². The summed E-state index contributed by atoms with van der Waals surface area (Å²) in [4.78, 5) is 21.8. The van der Waals surface area contributed by atoms with Crippen molar-refractivity contribution < 1.29 is 14.7 Å². The second-order valence-electron chi connectivity index (χ2n) is 3.65. The van der Waals surface area contributed by atoms with Crippen LogP contribution in [0.1, 0.15) is 20.8 Å². The van der Waals surface area contributed by atoms with E-state index in [2.05, 4.69) is 22.5 Å². The van der Waals surface area contributed by atoms with Gasteiger partial charge in [-0.2, -0.15) is 0 Å². The fourth-order valence-corrected chi connectivity index (χ4v) is 0.652. The number of carbonyl (C=O) groups excluding carboxylic acids is 1. The molecule has 0 saturated carbocycles. The fraction of sp³-hybridized carbons (Fsp3) is 0.600. The highest BCUT2D eigenvalue weighted by Crippen LogP contribution is 2.12. The van der Waals surface area contributed by atoms with Crippen LogP contribution in [0.2, 0.25) is 0 Å². The Morgan fingerprint density at radius 2 is 1.93 bits per heavy atom. The minimum absolute atomic E-state index is 0.0771. The molecule has 0 heterocycles. The summed E-state index contributed by atoms with van der Waals surface area (Å²) < 4.78 is 0. The van der Waals surface area contributed by atoms with Crippen LogP contribution in [0.3, 0.4) is 0 Å². The zero-order valence-electron chi connectivity index (χ0n) is 9.18. The van der Waals surface area contributed by atoms with E-state index in [1.807, 2.05) is 0 Å². The van der Waals surface area contributed by atoms with Crippen LogP contribution in [0.25, 0.3) is 0 Å². The minimum atomic E-state index is -0.965. The van der Waals surface area contributed by atoms with Crippen molar-refractivity contribution in [2.24, 2.45) is 5.41 Å². The third-order valence-electron chi connectivity index (χ3n) is 1.78. The van der Waals surface area contributed by atoms with Crippen LogP contribution in [0.15, 0.2) is 0 Å². The molecule has 3 N–H and O–H groups in total. The summed E-state index contributed by atoms with van der Waals surface area (Å²) >= 11 is 0. The smallest absolute Gasteiger partial charge is 0.315 e. The van der Waals surface area contributed by atoms with Crippen molar-refractivity contribution in [3.05, 3.63) is 0 Å². The van der Waals surface area contributed by atoms with E-state index in [-0.39, 0.29) is 13.1 Å². The van der Waals surface area contributed by atoms with E-state index >= 15 is 0 Å². The number of carboxylic acid groups (broad SMARTS) is 1. The molecule has 0 saturated heterocycles. The first-order chi connectivity index (χ1) is 6.90. The molecule has 15 heavy (non-hydrogen) atoms. The monoisotopic (exact) mass is 212 g/mol. The molecular formula is C10H16N2O3. The van der Waals surface area contributed by atoms with Gasteiger partial charge in [0.25, 0.3) is 0 Å². The third kappa shape index (κ3) is 5.57. The summed E-state index contributed by atoms with van der Waals surface area (Å²) in [7, 11) is 0. The zero-order valence-corrected chi connectivity index (χ0v) is 9.18. The molecule has 0 rings (SSSR count). The van der Waals surface area contributed by atoms with Crippen molar-refractivity contribution in [3.8, 4) is 11.8 Å². The predicted octanol–water partition coefficient (Wildman–Crippen LogP) is 0.420. The topological polar surface area (TPSA) is 78.4 Å². The van der Waals surface area contributed by atoms with Crippen LogP contribution >= 0.6 is 0 Å². The molecule has 0 aliphatic carbocycles. The molecule has 0 atom stereocenters. The van der Waals surface area contributed by atoms with Crippen molar-refractivity contribution in [1.29, 1.82) is 0 Å². The maximum atomic E-state index is 11.1. The first-order valence-electron chi connectivity index (χ1n) is 4.55. The Morgan fingerprint density at radius 1 is 1.33 bits per heavy atom. The molecule has 0 aliphatic heterocycles. The molecule has 0 radical (unpaired) electrons. The predicted molar refractivity (Wildman–Crippen MR) is 56.3 cm³/mol. The molecule has 84 valence electrons. The van der Waals surface area contributed by atoms with E-state index < -0.39 is 17.4 Å². The van der Waals surface area contributed by atoms with Crippen LogP contribution < -0.4 is 10.6 Å². The molecular weight excluding hydrogens is 196 g/mol. The Kier molecular flexibility index (Phi) is 5.24. The zero-order chi connectivity index (χ0) is 11.9. The molecule has 0 aromatic rings. The van der Waals surface area contributed by atoms with Gasteiger partial charge in [-0.3, -0.25) is 4.79 Å². The van der Waals surface area contributed by atoms with Crippen molar-refractivity contribution in [3.63, 3.8) is 0 Å². The molecule has 2 amide bonds. The lowest BCUT2D eigenvalue weighted by Crippen LogP contribution is -2.43. The van der Waals surface area contributed by atoms with Gasteiger partial charge in [-0.05, 0) is 20.8 Å². The van der Waals surface area contributed by atoms with Gasteiger partial charge in [0.2, 0.25) is 0 Å². The molecule has 0 spiro atoms. The Morgan fingerprint density at radius 3 is 2.40 bits per heavy atom. The van der Waals surface area contributed by atoms with Crippen molar-refractivity contribution >= 4 is 12.0 Å². The summed E-state index contributed by atoms with van der Waals surface area (Å²) in [6.45, 7) is 5.10. The molecule has 0 aromatic carbocycles. The number of amides is 2. The summed E-state index contributed by atoms with van der Waals surface area (Å²) in [6.07, 6.45) is 0. The largest absolute Gasteiger partial charge is 0.481 e. The lowest BCUT2D eigenvalue weighted by Gasteiger charge is -2.19. The van der Waals surface area contributed by atoms with Gasteiger partial charge in [0.05, 0.1) is 12.0 Å². The number of nitrogens with one attached hydrogen (secondary N) is 2. The molecule has 0 bridgehead atoms. The maximum Gasteiger partial charge on any atom is 0.315 e. The molecule has 0 fully saturated rings. The SMILES string of the molecule is CC#CCNC(=O)NCC(C)(C)C(=O)O. The summed E-state index contributed by atoms with van der Waals surface area (Å²) in [5, 5.41) is 13.7. The minimum Gasteiger partial charge on any atom is -0.481 e. The number of urea groups is 1. The molecule has 0 aromatic heterocycles. The number of carboxylic acids is 1. The lowest BCUT2D eigenvalue weighted by atomic mass is 9.94. The van der Waals surface area contributed by atoms with E-state index in [0.29, 0.717) is 0 Å². The van der Waals surface area contributed by atoms with Gasteiger partial charge < -0.3 is 15.7 Å². The van der Waals surface area contributed by atoms with Gasteiger partial charge in [-0.15, -0.1) is 5.92 Å². The number of aliphatic carboxylic acids is 1. The number of rotatable bonds is 4. The molecule has 5 heteroatoms. The van der Waals surface area contributed by atoms with Gasteiger partial charge >= 0.3 is 12.0 Å². The van der Waals surface area contributed by atoms with Crippen LogP contribution in [0, 0.1) is 17.3 Å². The number of carbonyl (C=O) groups is 2. The van der Waals surface area contributed by atoms with E-state index in [1.165, 1.54) is 0 Å². The Bertz CT molecular complexity index is 300. The lowest BCUT2D eigenvalue weighted by molar-refractivity contribution is -0.146. The highest BCUT2D eigenvalue weighted by molar-refractivity contribution is 5.77. The van der Waals surface area contributed by atoms with Gasteiger partial charge in [0.1, 0.15) is 0 Å². The third-order valence-corrected chi connectivity index (χ3v) is 1.78. The first kappa shape index (κ1) is 13.3.